The lowest BCUT2D eigenvalue weighted by Crippen LogP contribution is -2.38. The summed E-state index contributed by atoms with van der Waals surface area (Å²) in [7, 11) is -3.79. The fourth-order valence-electron chi connectivity index (χ4n) is 4.59. The van der Waals surface area contributed by atoms with E-state index in [0.29, 0.717) is 22.7 Å². The van der Waals surface area contributed by atoms with Crippen molar-refractivity contribution >= 4 is 21.6 Å². The normalized spacial score (nSPS) is 23.6. The molecule has 5 nitrogen and oxygen atoms in total. The monoisotopic (exact) mass is 398 g/mol. The summed E-state index contributed by atoms with van der Waals surface area (Å²) in [6, 6.07) is 12.3. The SMILES string of the molecule is Cc1ccccc1NS(=O)(=O)c1cc(C(=O)N[C@H]2C[C@H]3CC[C@@H]2C3)ccc1C. The van der Waals surface area contributed by atoms with E-state index in [0.717, 1.165) is 17.9 Å². The van der Waals surface area contributed by atoms with Gasteiger partial charge in [-0.3, -0.25) is 9.52 Å². The molecule has 0 spiro atoms. The summed E-state index contributed by atoms with van der Waals surface area (Å²) in [5, 5.41) is 3.13. The van der Waals surface area contributed by atoms with Gasteiger partial charge in [-0.25, -0.2) is 8.42 Å². The van der Waals surface area contributed by atoms with Crippen LogP contribution in [0.2, 0.25) is 0 Å². The summed E-state index contributed by atoms with van der Waals surface area (Å²) in [6.45, 7) is 3.59. The first kappa shape index (κ1) is 19.0. The van der Waals surface area contributed by atoms with Crippen LogP contribution < -0.4 is 10.0 Å². The van der Waals surface area contributed by atoms with Crippen LogP contribution >= 0.6 is 0 Å². The van der Waals surface area contributed by atoms with Gasteiger partial charge in [-0.1, -0.05) is 30.7 Å². The highest BCUT2D eigenvalue weighted by atomic mass is 32.2. The van der Waals surface area contributed by atoms with Crippen LogP contribution in [0.4, 0.5) is 5.69 Å². The van der Waals surface area contributed by atoms with Gasteiger partial charge in [0.2, 0.25) is 0 Å². The molecule has 0 radical (unpaired) electrons. The molecule has 148 valence electrons. The van der Waals surface area contributed by atoms with Crippen LogP contribution in [-0.2, 0) is 10.0 Å². The van der Waals surface area contributed by atoms with Gasteiger partial charge in [0, 0.05) is 11.6 Å². The van der Waals surface area contributed by atoms with Crippen LogP contribution in [0.1, 0.15) is 47.2 Å². The second-order valence-corrected chi connectivity index (χ2v) is 9.81. The minimum atomic E-state index is -3.79. The Morgan fingerprint density at radius 2 is 1.79 bits per heavy atom. The third-order valence-electron chi connectivity index (χ3n) is 6.18. The highest BCUT2D eigenvalue weighted by molar-refractivity contribution is 7.92. The van der Waals surface area contributed by atoms with Crippen LogP contribution in [-0.4, -0.2) is 20.4 Å². The highest BCUT2D eigenvalue weighted by Gasteiger charge is 2.40. The van der Waals surface area contributed by atoms with Gasteiger partial charge in [-0.05, 0) is 74.3 Å². The summed E-state index contributed by atoms with van der Waals surface area (Å²) in [4.78, 5) is 12.9. The van der Waals surface area contributed by atoms with E-state index in [4.69, 9.17) is 0 Å². The summed E-state index contributed by atoms with van der Waals surface area (Å²) in [5.41, 5.74) is 2.38. The number of hydrogen-bond acceptors (Lipinski definition) is 3. The number of carbonyl (C=O) groups is 1. The van der Waals surface area contributed by atoms with Gasteiger partial charge in [-0.15, -0.1) is 0 Å². The number of anilines is 1. The lowest BCUT2D eigenvalue weighted by atomic mass is 9.95. The Balaban J connectivity index is 1.56. The number of para-hydroxylation sites is 1. The average molecular weight is 399 g/mol. The Morgan fingerprint density at radius 3 is 2.46 bits per heavy atom. The zero-order valence-electron chi connectivity index (χ0n) is 16.2. The van der Waals surface area contributed by atoms with Crippen LogP contribution in [0, 0.1) is 25.7 Å². The van der Waals surface area contributed by atoms with E-state index in [1.54, 1.807) is 31.2 Å². The van der Waals surface area contributed by atoms with Crippen molar-refractivity contribution in [2.24, 2.45) is 11.8 Å². The van der Waals surface area contributed by atoms with E-state index >= 15 is 0 Å². The van der Waals surface area contributed by atoms with Crippen molar-refractivity contribution < 1.29 is 13.2 Å². The molecule has 2 aromatic rings. The van der Waals surface area contributed by atoms with E-state index < -0.39 is 10.0 Å². The fourth-order valence-corrected chi connectivity index (χ4v) is 5.99. The molecule has 2 aliphatic carbocycles. The summed E-state index contributed by atoms with van der Waals surface area (Å²) in [6.07, 6.45) is 4.71. The molecule has 6 heteroatoms. The van der Waals surface area contributed by atoms with Crippen LogP contribution in [0.3, 0.4) is 0 Å². The molecular weight excluding hydrogens is 372 g/mol. The molecule has 2 aromatic carbocycles. The van der Waals surface area contributed by atoms with E-state index in [2.05, 4.69) is 10.0 Å². The van der Waals surface area contributed by atoms with Crippen molar-refractivity contribution in [3.63, 3.8) is 0 Å². The van der Waals surface area contributed by atoms with Gasteiger partial charge in [-0.2, -0.15) is 0 Å². The molecule has 0 saturated heterocycles. The Bertz CT molecular complexity index is 1020. The predicted molar refractivity (Wildman–Crippen MR) is 110 cm³/mol. The molecule has 3 atom stereocenters. The van der Waals surface area contributed by atoms with Gasteiger partial charge in [0.15, 0.2) is 0 Å². The van der Waals surface area contributed by atoms with Crippen molar-refractivity contribution in [1.29, 1.82) is 0 Å². The van der Waals surface area contributed by atoms with E-state index in [1.165, 1.54) is 25.3 Å². The Kier molecular flexibility index (Phi) is 4.91. The number of nitrogens with one attached hydrogen (secondary N) is 2. The van der Waals surface area contributed by atoms with Crippen molar-refractivity contribution in [1.82, 2.24) is 5.32 Å². The topological polar surface area (TPSA) is 75.3 Å². The number of fused-ring (bicyclic) bond motifs is 2. The van der Waals surface area contributed by atoms with Crippen LogP contribution in [0.5, 0.6) is 0 Å². The maximum atomic E-state index is 13.0. The average Bonchev–Trinajstić information content (AvgIpc) is 3.26. The zero-order valence-corrected chi connectivity index (χ0v) is 17.1. The summed E-state index contributed by atoms with van der Waals surface area (Å²) in [5.74, 6) is 1.12. The molecule has 0 unspecified atom stereocenters. The quantitative estimate of drug-likeness (QED) is 0.799. The largest absolute Gasteiger partial charge is 0.349 e. The molecule has 2 fully saturated rings. The van der Waals surface area contributed by atoms with Crippen molar-refractivity contribution in [3.05, 3.63) is 59.2 Å². The second kappa shape index (κ2) is 7.24. The highest BCUT2D eigenvalue weighted by Crippen LogP contribution is 2.44. The second-order valence-electron chi connectivity index (χ2n) is 8.16. The Labute approximate surface area is 166 Å². The molecule has 2 saturated carbocycles. The van der Waals surface area contributed by atoms with Crippen molar-refractivity contribution in [2.45, 2.75) is 50.5 Å². The first-order chi connectivity index (χ1) is 13.3. The molecule has 0 heterocycles. The Hall–Kier alpha value is -2.34. The van der Waals surface area contributed by atoms with Gasteiger partial charge < -0.3 is 5.32 Å². The number of rotatable bonds is 5. The van der Waals surface area contributed by atoms with Gasteiger partial charge in [0.1, 0.15) is 0 Å². The number of benzene rings is 2. The van der Waals surface area contributed by atoms with Crippen LogP contribution in [0.15, 0.2) is 47.4 Å². The molecule has 2 bridgehead atoms. The fraction of sp³-hybridized carbons (Fsp3) is 0.409. The van der Waals surface area contributed by atoms with Gasteiger partial charge >= 0.3 is 0 Å². The van der Waals surface area contributed by atoms with Gasteiger partial charge in [0.25, 0.3) is 15.9 Å². The zero-order chi connectivity index (χ0) is 19.9. The maximum absolute atomic E-state index is 13.0. The number of sulfonamides is 1. The lowest BCUT2D eigenvalue weighted by molar-refractivity contribution is 0.0922. The number of carbonyl (C=O) groups excluding carboxylic acids is 1. The van der Waals surface area contributed by atoms with E-state index in [1.807, 2.05) is 19.1 Å². The minimum absolute atomic E-state index is 0.136. The van der Waals surface area contributed by atoms with Crippen molar-refractivity contribution in [2.75, 3.05) is 4.72 Å². The molecular formula is C22H26N2O3S. The molecule has 4 rings (SSSR count). The number of hydrogen-bond donors (Lipinski definition) is 2. The number of amides is 1. The van der Waals surface area contributed by atoms with Gasteiger partial charge in [0.05, 0.1) is 10.6 Å². The lowest BCUT2D eigenvalue weighted by Gasteiger charge is -2.23. The summed E-state index contributed by atoms with van der Waals surface area (Å²) < 4.78 is 28.6. The molecule has 0 aliphatic heterocycles. The molecule has 1 amide bonds. The molecule has 2 aliphatic rings. The smallest absolute Gasteiger partial charge is 0.262 e. The predicted octanol–water partition coefficient (Wildman–Crippen LogP) is 4.02. The minimum Gasteiger partial charge on any atom is -0.349 e. The first-order valence-electron chi connectivity index (χ1n) is 9.83. The molecule has 2 N–H and O–H groups in total. The van der Waals surface area contributed by atoms with E-state index in [-0.39, 0.29) is 16.8 Å². The third kappa shape index (κ3) is 3.65. The first-order valence-corrected chi connectivity index (χ1v) is 11.3. The Morgan fingerprint density at radius 1 is 1.00 bits per heavy atom. The number of aryl methyl sites for hydroxylation is 2. The van der Waals surface area contributed by atoms with Crippen LogP contribution in [0.25, 0.3) is 0 Å². The standard InChI is InChI=1S/C22H26N2O3S/c1-14-5-3-4-6-19(14)24-28(26,27)21-13-18(9-7-15(21)2)22(25)23-20-12-16-8-10-17(20)11-16/h3-7,9,13,16-17,20,24H,8,10-12H2,1-2H3,(H,23,25)/t16-,17+,20-/m0/s1. The van der Waals surface area contributed by atoms with Crippen molar-refractivity contribution in [3.8, 4) is 0 Å². The molecule has 28 heavy (non-hydrogen) atoms. The summed E-state index contributed by atoms with van der Waals surface area (Å²) >= 11 is 0. The third-order valence-corrected chi connectivity index (χ3v) is 7.69. The molecule has 0 aromatic heterocycles. The van der Waals surface area contributed by atoms with E-state index in [9.17, 15) is 13.2 Å². The maximum Gasteiger partial charge on any atom is 0.262 e.